The van der Waals surface area contributed by atoms with Gasteiger partial charge in [0.1, 0.15) is 11.9 Å². The molecule has 25 heavy (non-hydrogen) atoms. The molecule has 0 fully saturated rings. The molecule has 2 N–H and O–H groups in total. The highest BCUT2D eigenvalue weighted by molar-refractivity contribution is 6.05. The predicted molar refractivity (Wildman–Crippen MR) is 90.3 cm³/mol. The van der Waals surface area contributed by atoms with Crippen LogP contribution in [0.5, 0.6) is 0 Å². The van der Waals surface area contributed by atoms with E-state index in [0.717, 1.165) is 6.20 Å². The van der Waals surface area contributed by atoms with E-state index in [1.807, 2.05) is 0 Å². The average Bonchev–Trinajstić information content (AvgIpc) is 2.54. The summed E-state index contributed by atoms with van der Waals surface area (Å²) in [5.41, 5.74) is 0.470. The molecule has 1 rings (SSSR count). The molecule has 0 aliphatic carbocycles. The molecule has 1 aromatic rings. The Morgan fingerprint density at radius 2 is 2.00 bits per heavy atom. The van der Waals surface area contributed by atoms with Crippen LogP contribution in [0.15, 0.2) is 12.3 Å². The second-order valence-electron chi connectivity index (χ2n) is 5.40. The van der Waals surface area contributed by atoms with Crippen molar-refractivity contribution in [2.45, 2.75) is 46.0 Å². The zero-order chi connectivity index (χ0) is 18.8. The molecule has 0 bridgehead atoms. The third kappa shape index (κ3) is 7.06. The number of ether oxygens (including phenoxy) is 1. The molecule has 0 aromatic carbocycles. The number of amides is 1. The Morgan fingerprint density at radius 1 is 1.32 bits per heavy atom. The first-order chi connectivity index (χ1) is 11.8. The van der Waals surface area contributed by atoms with Crippen molar-refractivity contribution < 1.29 is 19.2 Å². The quantitative estimate of drug-likeness (QED) is 0.175. The van der Waals surface area contributed by atoms with E-state index >= 15 is 0 Å². The third-order valence-corrected chi connectivity index (χ3v) is 3.37. The van der Waals surface area contributed by atoms with Crippen molar-refractivity contribution in [2.24, 2.45) is 0 Å². The minimum Gasteiger partial charge on any atom is -0.466 e. The minimum atomic E-state index is -0.567. The minimum absolute atomic E-state index is 0.165. The first-order valence-corrected chi connectivity index (χ1v) is 8.00. The van der Waals surface area contributed by atoms with Crippen LogP contribution in [0, 0.1) is 22.4 Å². The Kier molecular flexibility index (Phi) is 8.17. The van der Waals surface area contributed by atoms with Gasteiger partial charge in [0.2, 0.25) is 5.91 Å². The summed E-state index contributed by atoms with van der Waals surface area (Å²) in [6.07, 6.45) is 3.54. The Bertz CT molecular complexity index is 660. The highest BCUT2D eigenvalue weighted by Gasteiger charge is 2.14. The molecular formula is C16H22N4O5. The highest BCUT2D eigenvalue weighted by atomic mass is 16.6. The lowest BCUT2D eigenvalue weighted by Gasteiger charge is -2.08. The van der Waals surface area contributed by atoms with Crippen LogP contribution < -0.4 is 5.32 Å². The number of aryl methyl sites for hydroxylation is 1. The molecule has 0 aliphatic heterocycles. The maximum atomic E-state index is 11.8. The number of rotatable bonds is 9. The summed E-state index contributed by atoms with van der Waals surface area (Å²) in [6.45, 7) is 3.70. The number of esters is 1. The van der Waals surface area contributed by atoms with Crippen LogP contribution in [0.1, 0.15) is 50.3 Å². The number of nitrogens with zero attached hydrogens (tertiary/aromatic N) is 2. The molecule has 0 radical (unpaired) electrons. The fraction of sp³-hybridized carbons (Fsp3) is 0.500. The number of hydrogen-bond acceptors (Lipinski definition) is 7. The lowest BCUT2D eigenvalue weighted by molar-refractivity contribution is -0.385. The molecule has 0 spiro atoms. The summed E-state index contributed by atoms with van der Waals surface area (Å²) in [4.78, 5) is 37.0. The summed E-state index contributed by atoms with van der Waals surface area (Å²) in [5.74, 6) is -0.766. The summed E-state index contributed by atoms with van der Waals surface area (Å²) in [5, 5.41) is 21.0. The van der Waals surface area contributed by atoms with E-state index in [1.54, 1.807) is 13.8 Å². The van der Waals surface area contributed by atoms with Gasteiger partial charge in [-0.25, -0.2) is 4.98 Å². The van der Waals surface area contributed by atoms with Crippen LogP contribution in [-0.4, -0.2) is 34.2 Å². The molecule has 0 saturated heterocycles. The van der Waals surface area contributed by atoms with Crippen molar-refractivity contribution in [2.75, 3.05) is 6.61 Å². The number of hydrogen-bond donors (Lipinski definition) is 2. The molecular weight excluding hydrogens is 328 g/mol. The van der Waals surface area contributed by atoms with Gasteiger partial charge in [-0.15, -0.1) is 0 Å². The van der Waals surface area contributed by atoms with Gasteiger partial charge in [-0.05, 0) is 32.3 Å². The SMILES string of the molecule is CCOC(=O)CCCCCC(=O)NC(=N)c1ncc([N+](=O)[O-])cc1C. The summed E-state index contributed by atoms with van der Waals surface area (Å²) >= 11 is 0. The molecule has 0 aliphatic rings. The fourth-order valence-electron chi connectivity index (χ4n) is 2.15. The third-order valence-electron chi connectivity index (χ3n) is 3.37. The molecule has 1 aromatic heterocycles. The smallest absolute Gasteiger partial charge is 0.305 e. The van der Waals surface area contributed by atoms with E-state index in [0.29, 0.717) is 37.9 Å². The van der Waals surface area contributed by atoms with Gasteiger partial charge in [-0.3, -0.25) is 25.1 Å². The number of carbonyl (C=O) groups excluding carboxylic acids is 2. The fourth-order valence-corrected chi connectivity index (χ4v) is 2.15. The second kappa shape index (κ2) is 10.1. The van der Waals surface area contributed by atoms with Crippen LogP contribution in [0.2, 0.25) is 0 Å². The Morgan fingerprint density at radius 3 is 2.60 bits per heavy atom. The van der Waals surface area contributed by atoms with Crippen molar-refractivity contribution in [1.29, 1.82) is 5.41 Å². The van der Waals surface area contributed by atoms with Gasteiger partial charge in [0.25, 0.3) is 5.69 Å². The van der Waals surface area contributed by atoms with E-state index in [4.69, 9.17) is 10.1 Å². The second-order valence-corrected chi connectivity index (χ2v) is 5.40. The maximum absolute atomic E-state index is 11.8. The Balaban J connectivity index is 2.38. The summed E-state index contributed by atoms with van der Waals surface area (Å²) in [6, 6.07) is 1.30. The Labute approximate surface area is 145 Å². The van der Waals surface area contributed by atoms with Gasteiger partial charge >= 0.3 is 5.97 Å². The van der Waals surface area contributed by atoms with Crippen molar-refractivity contribution in [1.82, 2.24) is 10.3 Å². The normalized spacial score (nSPS) is 10.2. The summed E-state index contributed by atoms with van der Waals surface area (Å²) in [7, 11) is 0. The van der Waals surface area contributed by atoms with E-state index in [-0.39, 0.29) is 35.5 Å². The van der Waals surface area contributed by atoms with Crippen LogP contribution in [0.3, 0.4) is 0 Å². The molecule has 0 saturated carbocycles. The van der Waals surface area contributed by atoms with Gasteiger partial charge in [0.05, 0.1) is 11.5 Å². The molecule has 0 unspecified atom stereocenters. The average molecular weight is 350 g/mol. The lowest BCUT2D eigenvalue weighted by Crippen LogP contribution is -2.31. The van der Waals surface area contributed by atoms with Crippen LogP contribution in [0.25, 0.3) is 0 Å². The number of carbonyl (C=O) groups is 2. The summed E-state index contributed by atoms with van der Waals surface area (Å²) < 4.78 is 4.81. The predicted octanol–water partition coefficient (Wildman–Crippen LogP) is 2.25. The zero-order valence-corrected chi connectivity index (χ0v) is 14.3. The van der Waals surface area contributed by atoms with E-state index in [1.165, 1.54) is 6.07 Å². The molecule has 1 amide bonds. The van der Waals surface area contributed by atoms with Crippen molar-refractivity contribution in [3.63, 3.8) is 0 Å². The number of nitro groups is 1. The lowest BCUT2D eigenvalue weighted by atomic mass is 10.1. The van der Waals surface area contributed by atoms with Crippen molar-refractivity contribution >= 4 is 23.4 Å². The first-order valence-electron chi connectivity index (χ1n) is 8.00. The number of aromatic nitrogens is 1. The van der Waals surface area contributed by atoms with Crippen LogP contribution >= 0.6 is 0 Å². The first kappa shape index (κ1) is 20.2. The van der Waals surface area contributed by atoms with Crippen molar-refractivity contribution in [3.8, 4) is 0 Å². The molecule has 1 heterocycles. The molecule has 0 atom stereocenters. The monoisotopic (exact) mass is 350 g/mol. The number of pyridine rings is 1. The van der Waals surface area contributed by atoms with Gasteiger partial charge in [0.15, 0.2) is 5.84 Å². The Hall–Kier alpha value is -2.84. The van der Waals surface area contributed by atoms with E-state index < -0.39 is 4.92 Å². The number of unbranched alkanes of at least 4 members (excludes halogenated alkanes) is 2. The molecule has 9 heteroatoms. The van der Waals surface area contributed by atoms with Gasteiger partial charge in [-0.2, -0.15) is 0 Å². The van der Waals surface area contributed by atoms with E-state index in [2.05, 4.69) is 10.3 Å². The van der Waals surface area contributed by atoms with Crippen molar-refractivity contribution in [3.05, 3.63) is 33.6 Å². The largest absolute Gasteiger partial charge is 0.466 e. The standard InChI is InChI=1S/C16H22N4O5/c1-3-25-14(22)8-6-4-5-7-13(21)19-16(17)15-11(2)9-12(10-18-15)20(23)24/h9-10H,3-8H2,1-2H3,(H2,17,19,21). The highest BCUT2D eigenvalue weighted by Crippen LogP contribution is 2.14. The van der Waals surface area contributed by atoms with Gasteiger partial charge in [-0.1, -0.05) is 6.42 Å². The zero-order valence-electron chi connectivity index (χ0n) is 14.3. The topological polar surface area (TPSA) is 135 Å². The number of amidine groups is 1. The van der Waals surface area contributed by atoms with E-state index in [9.17, 15) is 19.7 Å². The number of nitrogens with one attached hydrogen (secondary N) is 2. The van der Waals surface area contributed by atoms with Gasteiger partial charge < -0.3 is 10.1 Å². The molecule has 136 valence electrons. The van der Waals surface area contributed by atoms with Crippen LogP contribution in [0.4, 0.5) is 5.69 Å². The maximum Gasteiger partial charge on any atom is 0.305 e. The van der Waals surface area contributed by atoms with Crippen LogP contribution in [-0.2, 0) is 14.3 Å². The van der Waals surface area contributed by atoms with Gasteiger partial charge in [0, 0.05) is 18.9 Å². The molecule has 9 nitrogen and oxygen atoms in total.